The quantitative estimate of drug-likeness (QED) is 0.176. The van der Waals surface area contributed by atoms with E-state index in [2.05, 4.69) is 237 Å². The molecule has 5 heterocycles. The van der Waals surface area contributed by atoms with Crippen LogP contribution in [0.4, 0.5) is 0 Å². The van der Waals surface area contributed by atoms with Gasteiger partial charge in [-0.2, -0.15) is 0 Å². The van der Waals surface area contributed by atoms with E-state index in [1.807, 2.05) is 142 Å². The van der Waals surface area contributed by atoms with E-state index in [-0.39, 0.29) is 7.43 Å². The third-order valence-corrected chi connectivity index (χ3v) is 25.9. The molecular formula is C100H124BrCl7N2S5. The van der Waals surface area contributed by atoms with Crippen molar-refractivity contribution >= 4 is 154 Å². The van der Waals surface area contributed by atoms with E-state index in [1.54, 1.807) is 33.6 Å². The fourth-order valence-electron chi connectivity index (χ4n) is 10.3. The van der Waals surface area contributed by atoms with Crippen molar-refractivity contribution in [2.24, 2.45) is 0 Å². The fourth-order valence-corrected chi connectivity index (χ4v) is 16.3. The fraction of sp³-hybridized carbons (Fsp3) is 0.360. The van der Waals surface area contributed by atoms with Gasteiger partial charge < -0.3 is 0 Å². The van der Waals surface area contributed by atoms with Gasteiger partial charge in [-0.25, -0.2) is 4.98 Å². The Morgan fingerprint density at radius 3 is 1.23 bits per heavy atom. The molecule has 0 radical (unpaired) electrons. The van der Waals surface area contributed by atoms with Crippen molar-refractivity contribution in [1.82, 2.24) is 9.97 Å². The lowest BCUT2D eigenvalue weighted by Crippen LogP contribution is -1.77. The summed E-state index contributed by atoms with van der Waals surface area (Å²) < 4.78 is 2.05. The Hall–Kier alpha value is -5.11. The minimum Gasteiger partial charge on any atom is -0.253 e. The van der Waals surface area contributed by atoms with Gasteiger partial charge >= 0.3 is 0 Å². The third-order valence-electron chi connectivity index (χ3n) is 18.1. The Balaban J connectivity index is 0.000000319. The topological polar surface area (TPSA) is 25.8 Å². The summed E-state index contributed by atoms with van der Waals surface area (Å²) in [6, 6.07) is 37.3. The molecule has 3 fully saturated rings. The van der Waals surface area contributed by atoms with Crippen molar-refractivity contribution in [3.05, 3.63) is 362 Å². The average molecular weight is 1840 g/mol. The van der Waals surface area contributed by atoms with E-state index in [9.17, 15) is 0 Å². The largest absolute Gasteiger partial charge is 0.253 e. The Kier molecular flexibility index (Phi) is 52.4. The van der Waals surface area contributed by atoms with Crippen LogP contribution in [0.3, 0.4) is 0 Å². The molecule has 10 aliphatic carbocycles. The first-order valence-corrected chi connectivity index (χ1v) is 46.6. The van der Waals surface area contributed by atoms with E-state index >= 15 is 0 Å². The molecule has 0 amide bonds. The normalized spacial score (nSPS) is 15.7. The number of benzene rings is 3. The van der Waals surface area contributed by atoms with Crippen LogP contribution in [-0.4, -0.2) is 9.97 Å². The van der Waals surface area contributed by atoms with Crippen LogP contribution in [0.25, 0.3) is 0 Å². The van der Waals surface area contributed by atoms with Crippen LogP contribution in [0.5, 0.6) is 0 Å². The lowest BCUT2D eigenvalue weighted by atomic mass is 10.1. The zero-order chi connectivity index (χ0) is 84.2. The lowest BCUT2D eigenvalue weighted by molar-refractivity contribution is 1.08. The standard InChI is InChI=1S/C10H12.C8H10S.2C7H9Cl.C7H7Cl.C7H9NS.2C7H10.C7H8.C6H7Br.2C6H7Cl.C5H4Cl2S.C5H6S.C4H5NS.CH4/c1-8-2-4-9(5-3-8)10-6-7-10;1-6-2-5-8(9-6)7-3-4-7;1-5-3-7(8)4-6(5)2;1-5-3-4-6(2)7(5)8;1-6-2-4-7(8)5-3-6;1-5-4-8-7(9-5)6-2-3-6;1-6-3-4-7(2)5-6;1-6-4-3-5-7(6)2;1-7-5-3-2-4-6-7;2*1-5-2-3-6(7)4-5;1-5-3-2-4-6(5)7;1-3-4(6)2-5(7)8-3;1-5-3-2-4-6-5;1-4-2-5-3-6-4;/h2-5,10H,6-7H2,1H3;2,5,7H,3-4H2,1H3;2*3H,4H2,1-2H3;2-5H,1H3;4,6H,2-3H2,1H3;2*3-4H,5H2,1-2H3;2-6H,1H3;2*2-3H,4H2,1H3;2,4H,3H2,1H3;2H,1H3;2-4H,1H3;2-3H,1H3;1H4. The van der Waals surface area contributed by atoms with Crippen LogP contribution >= 0.6 is 154 Å². The first-order chi connectivity index (χ1) is 54.1. The maximum atomic E-state index is 5.82. The number of thiazole rings is 2. The van der Waals surface area contributed by atoms with Gasteiger partial charge in [0.05, 0.1) is 19.9 Å². The summed E-state index contributed by atoms with van der Waals surface area (Å²) in [5.41, 5.74) is 22.5. The molecule has 5 aromatic heterocycles. The molecule has 18 rings (SSSR count). The van der Waals surface area contributed by atoms with Gasteiger partial charge in [0, 0.05) is 85.6 Å². The van der Waals surface area contributed by atoms with Gasteiger partial charge in [-0.3, -0.25) is 4.98 Å². The monoisotopic (exact) mass is 1840 g/mol. The smallest absolute Gasteiger partial charge is 0.0958 e. The van der Waals surface area contributed by atoms with Gasteiger partial charge in [0.2, 0.25) is 0 Å². The average Bonchev–Trinajstić information content (AvgIpc) is 1.70. The second kappa shape index (κ2) is 58.0. The predicted octanol–water partition coefficient (Wildman–Crippen LogP) is 38.1. The number of aryl methyl sites for hydroxylation is 8. The number of rotatable bonds is 3. The maximum absolute atomic E-state index is 5.82. The molecule has 3 aromatic carbocycles. The van der Waals surface area contributed by atoms with Crippen LogP contribution in [0.1, 0.15) is 241 Å². The van der Waals surface area contributed by atoms with Gasteiger partial charge in [-0.1, -0.05) is 304 Å². The summed E-state index contributed by atoms with van der Waals surface area (Å²) in [6.45, 7) is 39.8. The van der Waals surface area contributed by atoms with E-state index in [1.165, 1.54) is 175 Å². The van der Waals surface area contributed by atoms with E-state index < -0.39 is 0 Å². The molecule has 3 saturated carbocycles. The van der Waals surface area contributed by atoms with Gasteiger partial charge in [0.1, 0.15) is 0 Å². The zero-order valence-corrected chi connectivity index (χ0v) is 81.5. The van der Waals surface area contributed by atoms with Gasteiger partial charge in [0.15, 0.2) is 0 Å². The highest BCUT2D eigenvalue weighted by Crippen LogP contribution is 2.44. The van der Waals surface area contributed by atoms with Crippen molar-refractivity contribution in [1.29, 1.82) is 0 Å². The lowest BCUT2D eigenvalue weighted by Gasteiger charge is -1.96. The summed E-state index contributed by atoms with van der Waals surface area (Å²) in [7, 11) is 0. The second-order valence-corrected chi connectivity index (χ2v) is 40.1. The highest BCUT2D eigenvalue weighted by molar-refractivity contribution is 9.11. The molecule has 0 bridgehead atoms. The number of aromatic nitrogens is 2. The SMILES string of the molecule is C.CC1=C(C)CC(Cl)=C1.CC1=C(C)CC=C1.CC1=C(Cl)C=CC1.CC1=CC=C(Br)C1.CC1=CC=C(C)C1.CC1=CC=C(Cl)C1.CC1=CCC(C)=C1Cl.Cc1ccc(C2CC2)cc1.Cc1ccc(C2CC2)s1.Cc1ccc(Cl)cc1.Cc1ccccc1.Cc1cccs1.Cc1cnc(C2CC2)s1.Cc1cncs1.Cc1sc(Cl)cc1Cl. The first-order valence-electron chi connectivity index (χ1n) is 39.0. The van der Waals surface area contributed by atoms with Gasteiger partial charge in [0.25, 0.3) is 0 Å². The van der Waals surface area contributed by atoms with E-state index in [0.717, 1.165) is 89.2 Å². The summed E-state index contributed by atoms with van der Waals surface area (Å²) in [5, 5.41) is 8.81. The van der Waals surface area contributed by atoms with Crippen LogP contribution in [0, 0.1) is 55.4 Å². The van der Waals surface area contributed by atoms with Crippen molar-refractivity contribution in [3.8, 4) is 0 Å². The molecule has 0 atom stereocenters. The molecule has 10 aliphatic rings. The predicted molar refractivity (Wildman–Crippen MR) is 530 cm³/mol. The highest BCUT2D eigenvalue weighted by Gasteiger charge is 2.26. The molecule has 0 spiro atoms. The van der Waals surface area contributed by atoms with Gasteiger partial charge in [-0.15, -0.1) is 56.7 Å². The first kappa shape index (κ1) is 104. The minimum atomic E-state index is 0. The molecule has 15 heteroatoms. The Bertz CT molecular complexity index is 4350. The summed E-state index contributed by atoms with van der Waals surface area (Å²) >= 11 is 51.8. The maximum Gasteiger partial charge on any atom is 0.0958 e. The molecule has 0 aliphatic heterocycles. The minimum absolute atomic E-state index is 0. The highest BCUT2D eigenvalue weighted by atomic mass is 79.9. The molecule has 0 N–H and O–H groups in total. The van der Waals surface area contributed by atoms with Crippen molar-refractivity contribution in [3.63, 3.8) is 0 Å². The number of hydrogen-bond acceptors (Lipinski definition) is 7. The number of nitrogens with zero attached hydrogens (tertiary/aromatic N) is 2. The number of thiophene rings is 3. The summed E-state index contributed by atoms with van der Waals surface area (Å²) in [6.07, 6.45) is 44.8. The second-order valence-electron chi connectivity index (χ2n) is 29.8. The van der Waals surface area contributed by atoms with Crippen molar-refractivity contribution < 1.29 is 0 Å². The Morgan fingerprint density at radius 1 is 0.426 bits per heavy atom. The third kappa shape index (κ3) is 48.7. The number of hydrogen-bond donors (Lipinski definition) is 0. The Morgan fingerprint density at radius 2 is 0.991 bits per heavy atom. The van der Waals surface area contributed by atoms with E-state index in [4.69, 9.17) is 81.2 Å². The summed E-state index contributed by atoms with van der Waals surface area (Å²) in [5.74, 6) is 2.69. The van der Waals surface area contributed by atoms with Crippen LogP contribution in [-0.2, 0) is 0 Å². The van der Waals surface area contributed by atoms with Crippen molar-refractivity contribution in [2.75, 3.05) is 0 Å². The molecule has 0 unspecified atom stereocenters. The zero-order valence-electron chi connectivity index (χ0n) is 70.5. The molecule has 2 nitrogen and oxygen atoms in total. The van der Waals surface area contributed by atoms with Crippen molar-refractivity contribution in [2.45, 2.75) is 240 Å². The summed E-state index contributed by atoms with van der Waals surface area (Å²) in [4.78, 5) is 16.3. The van der Waals surface area contributed by atoms with Crippen LogP contribution in [0.15, 0.2) is 291 Å². The molecule has 8 aromatic rings. The molecular weight excluding hydrogens is 1720 g/mol. The van der Waals surface area contributed by atoms with Crippen LogP contribution in [0.2, 0.25) is 14.4 Å². The molecule has 115 heavy (non-hydrogen) atoms. The van der Waals surface area contributed by atoms with E-state index in [0.29, 0.717) is 0 Å². The molecule has 0 saturated heterocycles. The van der Waals surface area contributed by atoms with Gasteiger partial charge in [-0.05, 0) is 290 Å². The van der Waals surface area contributed by atoms with Crippen LogP contribution < -0.4 is 0 Å². The molecule has 620 valence electrons. The number of allylic oxidation sites excluding steroid dienone is 28. The Labute approximate surface area is 758 Å². The number of halogens is 8.